The smallest absolute Gasteiger partial charge is 0.125 e. The van der Waals surface area contributed by atoms with Crippen LogP contribution in [0.2, 0.25) is 0 Å². The van der Waals surface area contributed by atoms with Gasteiger partial charge in [0.05, 0.1) is 5.03 Å². The number of fused-ring (bicyclic) bond motifs is 1. The van der Waals surface area contributed by atoms with E-state index in [4.69, 9.17) is 0 Å². The summed E-state index contributed by atoms with van der Waals surface area (Å²) in [6.07, 6.45) is 3.06. The Kier molecular flexibility index (Phi) is 4.46. The molecule has 0 unspecified atom stereocenters. The fourth-order valence-corrected chi connectivity index (χ4v) is 3.04. The monoisotopic (exact) mass is 297 g/mol. The van der Waals surface area contributed by atoms with Crippen molar-refractivity contribution in [2.75, 3.05) is 11.9 Å². The Balaban J connectivity index is 1.61. The first kappa shape index (κ1) is 14.0. The lowest BCUT2D eigenvalue weighted by Crippen LogP contribution is -2.01. The van der Waals surface area contributed by atoms with Gasteiger partial charge in [-0.1, -0.05) is 31.2 Å². The lowest BCUT2D eigenvalue weighted by molar-refractivity contribution is 0.968. The second-order valence-electron chi connectivity index (χ2n) is 4.99. The first-order valence-corrected chi connectivity index (χ1v) is 8.23. The number of H-pyrrole nitrogens is 1. The first-order valence-electron chi connectivity index (χ1n) is 7.24. The molecule has 0 saturated heterocycles. The van der Waals surface area contributed by atoms with Crippen LogP contribution in [-0.2, 0) is 5.75 Å². The molecular formula is C17H19N3S. The van der Waals surface area contributed by atoms with E-state index < -0.39 is 0 Å². The average Bonchev–Trinajstić information content (AvgIpc) is 2.95. The highest BCUT2D eigenvalue weighted by Gasteiger charge is 2.02. The number of aromatic nitrogens is 2. The van der Waals surface area contributed by atoms with Crippen LogP contribution in [0.1, 0.15) is 18.9 Å². The minimum Gasteiger partial charge on any atom is -0.370 e. The lowest BCUT2D eigenvalue weighted by atomic mass is 10.3. The van der Waals surface area contributed by atoms with Crippen LogP contribution in [0.25, 0.3) is 10.9 Å². The fraction of sp³-hybridized carbons (Fsp3) is 0.235. The molecule has 3 aromatic rings. The number of nitrogens with zero attached hydrogens (tertiary/aromatic N) is 1. The molecule has 2 aromatic heterocycles. The van der Waals surface area contributed by atoms with Crippen LogP contribution < -0.4 is 5.32 Å². The van der Waals surface area contributed by atoms with Crippen LogP contribution in [0, 0.1) is 0 Å². The summed E-state index contributed by atoms with van der Waals surface area (Å²) in [5.41, 5.74) is 2.43. The van der Waals surface area contributed by atoms with Gasteiger partial charge in [-0.25, -0.2) is 4.98 Å². The molecule has 0 saturated carbocycles. The molecule has 108 valence electrons. The quantitative estimate of drug-likeness (QED) is 0.649. The molecule has 0 aliphatic carbocycles. The molecule has 2 heterocycles. The van der Waals surface area contributed by atoms with Crippen LogP contribution in [0.15, 0.2) is 53.7 Å². The van der Waals surface area contributed by atoms with Crippen molar-refractivity contribution in [2.24, 2.45) is 0 Å². The number of thioether (sulfide) groups is 1. The van der Waals surface area contributed by atoms with E-state index in [1.165, 1.54) is 21.5 Å². The third-order valence-corrected chi connectivity index (χ3v) is 4.29. The molecule has 0 aliphatic heterocycles. The van der Waals surface area contributed by atoms with Gasteiger partial charge in [0.25, 0.3) is 0 Å². The molecule has 4 heteroatoms. The maximum absolute atomic E-state index is 4.44. The fourth-order valence-electron chi connectivity index (χ4n) is 2.15. The zero-order valence-corrected chi connectivity index (χ0v) is 12.9. The van der Waals surface area contributed by atoms with Gasteiger partial charge in [-0.05, 0) is 30.2 Å². The van der Waals surface area contributed by atoms with Gasteiger partial charge in [0.15, 0.2) is 0 Å². The Morgan fingerprint density at radius 1 is 1.19 bits per heavy atom. The molecule has 21 heavy (non-hydrogen) atoms. The van der Waals surface area contributed by atoms with Gasteiger partial charge in [0, 0.05) is 29.4 Å². The number of hydrogen-bond donors (Lipinski definition) is 2. The average molecular weight is 297 g/mol. The van der Waals surface area contributed by atoms with Crippen molar-refractivity contribution in [1.82, 2.24) is 9.97 Å². The highest BCUT2D eigenvalue weighted by Crippen LogP contribution is 2.26. The van der Waals surface area contributed by atoms with Crippen molar-refractivity contribution >= 4 is 28.5 Å². The summed E-state index contributed by atoms with van der Waals surface area (Å²) >= 11 is 1.81. The summed E-state index contributed by atoms with van der Waals surface area (Å²) in [6, 6.07) is 14.7. The molecular weight excluding hydrogens is 278 g/mol. The molecule has 2 N–H and O–H groups in total. The standard InChI is InChI=1S/C17H19N3S/c1-2-9-18-16-8-7-13(11-19-16)12-21-17-10-14-5-3-4-6-15(14)20-17/h3-8,10-11,20H,2,9,12H2,1H3,(H,18,19). The molecule has 0 radical (unpaired) electrons. The molecule has 1 aromatic carbocycles. The number of nitrogens with one attached hydrogen (secondary N) is 2. The Hall–Kier alpha value is -1.94. The van der Waals surface area contributed by atoms with Crippen LogP contribution >= 0.6 is 11.8 Å². The SMILES string of the molecule is CCCNc1ccc(CSc2cc3ccccc3[nH]2)cn1. The topological polar surface area (TPSA) is 40.7 Å². The van der Waals surface area contributed by atoms with Crippen LogP contribution in [-0.4, -0.2) is 16.5 Å². The minimum atomic E-state index is 0.924. The molecule has 0 atom stereocenters. The van der Waals surface area contributed by atoms with Crippen molar-refractivity contribution in [1.29, 1.82) is 0 Å². The predicted octanol–water partition coefficient (Wildman–Crippen LogP) is 4.68. The summed E-state index contributed by atoms with van der Waals surface area (Å²) in [5.74, 6) is 1.88. The van der Waals surface area contributed by atoms with E-state index >= 15 is 0 Å². The maximum Gasteiger partial charge on any atom is 0.125 e. The summed E-state index contributed by atoms with van der Waals surface area (Å²) in [6.45, 7) is 3.12. The van der Waals surface area contributed by atoms with Gasteiger partial charge in [0.1, 0.15) is 5.82 Å². The Labute approximate surface area is 129 Å². The van der Waals surface area contributed by atoms with E-state index in [9.17, 15) is 0 Å². The third-order valence-electron chi connectivity index (χ3n) is 3.28. The van der Waals surface area contributed by atoms with Gasteiger partial charge in [-0.2, -0.15) is 0 Å². The highest BCUT2D eigenvalue weighted by atomic mass is 32.2. The van der Waals surface area contributed by atoms with E-state index in [1.807, 2.05) is 18.0 Å². The van der Waals surface area contributed by atoms with Gasteiger partial charge in [-0.15, -0.1) is 11.8 Å². The van der Waals surface area contributed by atoms with Crippen molar-refractivity contribution < 1.29 is 0 Å². The normalized spacial score (nSPS) is 10.9. The Morgan fingerprint density at radius 3 is 2.86 bits per heavy atom. The van der Waals surface area contributed by atoms with Crippen molar-refractivity contribution in [2.45, 2.75) is 24.1 Å². The van der Waals surface area contributed by atoms with E-state index in [1.54, 1.807) is 0 Å². The maximum atomic E-state index is 4.44. The summed E-state index contributed by atoms with van der Waals surface area (Å²) in [4.78, 5) is 7.87. The molecule has 3 nitrogen and oxygen atoms in total. The van der Waals surface area contributed by atoms with Gasteiger partial charge in [-0.3, -0.25) is 0 Å². The van der Waals surface area contributed by atoms with E-state index in [-0.39, 0.29) is 0 Å². The number of hydrogen-bond acceptors (Lipinski definition) is 3. The van der Waals surface area contributed by atoms with E-state index in [0.29, 0.717) is 0 Å². The molecule has 0 aliphatic rings. The molecule has 3 rings (SSSR count). The Bertz CT molecular complexity index is 670. The summed E-state index contributed by atoms with van der Waals surface area (Å²) in [7, 11) is 0. The number of rotatable bonds is 6. The van der Waals surface area contributed by atoms with Crippen molar-refractivity contribution in [3.63, 3.8) is 0 Å². The largest absolute Gasteiger partial charge is 0.370 e. The summed E-state index contributed by atoms with van der Waals surface area (Å²) in [5, 5.41) is 5.75. The number of para-hydroxylation sites is 1. The van der Waals surface area contributed by atoms with Crippen molar-refractivity contribution in [3.8, 4) is 0 Å². The zero-order valence-electron chi connectivity index (χ0n) is 12.1. The molecule has 0 bridgehead atoms. The first-order chi connectivity index (χ1) is 10.3. The van der Waals surface area contributed by atoms with E-state index in [2.05, 4.69) is 64.7 Å². The van der Waals surface area contributed by atoms with Crippen LogP contribution in [0.4, 0.5) is 5.82 Å². The second-order valence-corrected chi connectivity index (χ2v) is 6.01. The zero-order chi connectivity index (χ0) is 14.5. The molecule has 0 fully saturated rings. The lowest BCUT2D eigenvalue weighted by Gasteiger charge is -2.04. The third kappa shape index (κ3) is 3.58. The highest BCUT2D eigenvalue weighted by molar-refractivity contribution is 7.98. The number of aromatic amines is 1. The predicted molar refractivity (Wildman–Crippen MR) is 90.9 cm³/mol. The van der Waals surface area contributed by atoms with Gasteiger partial charge in [0.2, 0.25) is 0 Å². The minimum absolute atomic E-state index is 0.924. The van der Waals surface area contributed by atoms with Gasteiger partial charge < -0.3 is 10.3 Å². The number of pyridine rings is 1. The number of anilines is 1. The molecule has 0 spiro atoms. The van der Waals surface area contributed by atoms with Gasteiger partial charge >= 0.3 is 0 Å². The van der Waals surface area contributed by atoms with Crippen LogP contribution in [0.5, 0.6) is 0 Å². The summed E-state index contributed by atoms with van der Waals surface area (Å²) < 4.78 is 0. The number of benzene rings is 1. The van der Waals surface area contributed by atoms with Crippen molar-refractivity contribution in [3.05, 3.63) is 54.2 Å². The Morgan fingerprint density at radius 2 is 2.10 bits per heavy atom. The van der Waals surface area contributed by atoms with E-state index in [0.717, 1.165) is 24.5 Å². The second kappa shape index (κ2) is 6.68. The van der Waals surface area contributed by atoms with Crippen LogP contribution in [0.3, 0.4) is 0 Å². The molecule has 0 amide bonds.